The van der Waals surface area contributed by atoms with Crippen LogP contribution < -0.4 is 4.74 Å². The molecule has 1 fully saturated rings. The van der Waals surface area contributed by atoms with E-state index in [1.54, 1.807) is 0 Å². The molecule has 0 N–H and O–H groups in total. The van der Waals surface area contributed by atoms with Crippen molar-refractivity contribution in [3.05, 3.63) is 29.8 Å². The Kier molecular flexibility index (Phi) is 2.87. The lowest BCUT2D eigenvalue weighted by atomic mass is 9.94. The largest absolute Gasteiger partial charge is 0.494 e. The first-order valence-electron chi connectivity index (χ1n) is 5.91. The maximum absolute atomic E-state index is 9.30. The summed E-state index contributed by atoms with van der Waals surface area (Å²) in [6, 6.07) is 10.5. The van der Waals surface area contributed by atoms with Crippen molar-refractivity contribution in [2.45, 2.75) is 32.1 Å². The Morgan fingerprint density at radius 3 is 2.50 bits per heavy atom. The molecule has 1 aromatic carbocycles. The molecular weight excluding hydrogens is 198 g/mol. The summed E-state index contributed by atoms with van der Waals surface area (Å²) in [5.74, 6) is 1.42. The lowest BCUT2D eigenvalue weighted by molar-refractivity contribution is 0.340. The highest BCUT2D eigenvalue weighted by Gasteiger charge is 2.54. The first kappa shape index (κ1) is 11.0. The van der Waals surface area contributed by atoms with E-state index < -0.39 is 0 Å². The van der Waals surface area contributed by atoms with Crippen LogP contribution in [-0.2, 0) is 5.41 Å². The smallest absolute Gasteiger partial charge is 0.119 e. The summed E-state index contributed by atoms with van der Waals surface area (Å²) < 4.78 is 5.40. The van der Waals surface area contributed by atoms with Crippen molar-refractivity contribution in [2.75, 3.05) is 6.61 Å². The van der Waals surface area contributed by atoms with Crippen LogP contribution in [0, 0.1) is 17.2 Å². The first-order valence-corrected chi connectivity index (χ1v) is 5.91. The third kappa shape index (κ3) is 1.67. The minimum Gasteiger partial charge on any atom is -0.494 e. The third-order valence-electron chi connectivity index (χ3n) is 3.48. The average Bonchev–Trinajstić information content (AvgIpc) is 3.05. The van der Waals surface area contributed by atoms with Gasteiger partial charge in [0, 0.05) is 0 Å². The lowest BCUT2D eigenvalue weighted by Gasteiger charge is -2.09. The van der Waals surface area contributed by atoms with Gasteiger partial charge in [0.25, 0.3) is 0 Å². The highest BCUT2D eigenvalue weighted by molar-refractivity contribution is 5.43. The van der Waals surface area contributed by atoms with Gasteiger partial charge in [-0.3, -0.25) is 0 Å². The van der Waals surface area contributed by atoms with Crippen LogP contribution in [0.5, 0.6) is 5.75 Å². The highest BCUT2D eigenvalue weighted by Crippen LogP contribution is 2.55. The molecule has 1 aromatic rings. The molecule has 2 atom stereocenters. The molecule has 0 amide bonds. The maximum atomic E-state index is 9.30. The average molecular weight is 215 g/mol. The summed E-state index contributed by atoms with van der Waals surface area (Å²) >= 11 is 0. The third-order valence-corrected chi connectivity index (χ3v) is 3.48. The molecule has 0 saturated heterocycles. The summed E-state index contributed by atoms with van der Waals surface area (Å²) in [6.45, 7) is 4.80. The molecule has 0 bridgehead atoms. The van der Waals surface area contributed by atoms with Crippen LogP contribution >= 0.6 is 0 Å². The van der Waals surface area contributed by atoms with Gasteiger partial charge >= 0.3 is 0 Å². The molecule has 0 radical (unpaired) electrons. The van der Waals surface area contributed by atoms with E-state index >= 15 is 0 Å². The fraction of sp³-hybridized carbons (Fsp3) is 0.500. The van der Waals surface area contributed by atoms with Gasteiger partial charge in [-0.15, -0.1) is 0 Å². The Labute approximate surface area is 96.9 Å². The fourth-order valence-corrected chi connectivity index (χ4v) is 2.39. The Balaban J connectivity index is 2.19. The topological polar surface area (TPSA) is 33.0 Å². The summed E-state index contributed by atoms with van der Waals surface area (Å²) in [7, 11) is 0. The first-order chi connectivity index (χ1) is 7.76. The van der Waals surface area contributed by atoms with E-state index in [9.17, 15) is 5.26 Å². The van der Waals surface area contributed by atoms with E-state index in [-0.39, 0.29) is 5.41 Å². The zero-order chi connectivity index (χ0) is 11.6. The van der Waals surface area contributed by atoms with Gasteiger partial charge in [-0.05, 0) is 37.0 Å². The van der Waals surface area contributed by atoms with E-state index in [0.717, 1.165) is 24.2 Å². The van der Waals surface area contributed by atoms with Crippen molar-refractivity contribution in [2.24, 2.45) is 5.92 Å². The van der Waals surface area contributed by atoms with E-state index in [4.69, 9.17) is 4.74 Å². The number of ether oxygens (including phenoxy) is 1. The molecule has 2 unspecified atom stereocenters. The molecule has 0 aromatic heterocycles. The molecular formula is C14H17NO. The molecule has 2 nitrogen and oxygen atoms in total. The molecule has 84 valence electrons. The fourth-order valence-electron chi connectivity index (χ4n) is 2.39. The Morgan fingerprint density at radius 1 is 1.38 bits per heavy atom. The minimum atomic E-state index is -0.209. The molecule has 2 heteroatoms. The second kappa shape index (κ2) is 4.17. The Hall–Kier alpha value is -1.49. The maximum Gasteiger partial charge on any atom is 0.119 e. The zero-order valence-corrected chi connectivity index (χ0v) is 9.86. The number of hydrogen-bond acceptors (Lipinski definition) is 2. The van der Waals surface area contributed by atoms with E-state index in [1.165, 1.54) is 0 Å². The van der Waals surface area contributed by atoms with Gasteiger partial charge in [0.1, 0.15) is 5.75 Å². The van der Waals surface area contributed by atoms with Crippen molar-refractivity contribution in [3.8, 4) is 11.8 Å². The number of rotatable bonds is 4. The van der Waals surface area contributed by atoms with Crippen LogP contribution in [-0.4, -0.2) is 6.61 Å². The SMILES string of the molecule is CCOc1ccc(C2(C#N)CC2CC)cc1. The number of hydrogen-bond donors (Lipinski definition) is 0. The second-order valence-corrected chi connectivity index (χ2v) is 4.35. The number of benzene rings is 1. The van der Waals surface area contributed by atoms with Crippen LogP contribution in [0.2, 0.25) is 0 Å². The van der Waals surface area contributed by atoms with Gasteiger partial charge in [0.15, 0.2) is 0 Å². The van der Waals surface area contributed by atoms with Gasteiger partial charge in [0.2, 0.25) is 0 Å². The van der Waals surface area contributed by atoms with Crippen molar-refractivity contribution in [1.82, 2.24) is 0 Å². The van der Waals surface area contributed by atoms with Gasteiger partial charge in [-0.2, -0.15) is 5.26 Å². The number of nitrogens with zero attached hydrogens (tertiary/aromatic N) is 1. The summed E-state index contributed by atoms with van der Waals surface area (Å²) in [6.07, 6.45) is 2.09. The van der Waals surface area contributed by atoms with E-state index in [2.05, 4.69) is 13.0 Å². The predicted octanol–water partition coefficient (Wildman–Crippen LogP) is 3.28. The minimum absolute atomic E-state index is 0.209. The van der Waals surface area contributed by atoms with Gasteiger partial charge in [-0.25, -0.2) is 0 Å². The molecule has 0 aliphatic heterocycles. The molecule has 16 heavy (non-hydrogen) atoms. The molecule has 0 spiro atoms. The molecule has 0 heterocycles. The standard InChI is InChI=1S/C14H17NO/c1-3-11-9-14(11,10-15)12-5-7-13(8-6-12)16-4-2/h5-8,11H,3-4,9H2,1-2H3. The van der Waals surface area contributed by atoms with Gasteiger partial charge < -0.3 is 4.74 Å². The van der Waals surface area contributed by atoms with Crippen molar-refractivity contribution < 1.29 is 4.74 Å². The van der Waals surface area contributed by atoms with Gasteiger partial charge in [0.05, 0.1) is 18.1 Å². The van der Waals surface area contributed by atoms with E-state index in [1.807, 2.05) is 31.2 Å². The summed E-state index contributed by atoms with van der Waals surface area (Å²) in [5, 5.41) is 9.30. The van der Waals surface area contributed by atoms with Crippen LogP contribution in [0.25, 0.3) is 0 Å². The second-order valence-electron chi connectivity index (χ2n) is 4.35. The lowest BCUT2D eigenvalue weighted by Crippen LogP contribution is -2.06. The van der Waals surface area contributed by atoms with Crippen molar-refractivity contribution in [3.63, 3.8) is 0 Å². The Bertz CT molecular complexity index is 404. The molecule has 1 aliphatic rings. The van der Waals surface area contributed by atoms with Crippen molar-refractivity contribution in [1.29, 1.82) is 5.26 Å². The van der Waals surface area contributed by atoms with Crippen LogP contribution in [0.4, 0.5) is 0 Å². The Morgan fingerprint density at radius 2 is 2.06 bits per heavy atom. The predicted molar refractivity (Wildman–Crippen MR) is 63.3 cm³/mol. The molecule has 1 aliphatic carbocycles. The molecule has 2 rings (SSSR count). The van der Waals surface area contributed by atoms with Crippen LogP contribution in [0.3, 0.4) is 0 Å². The van der Waals surface area contributed by atoms with E-state index in [0.29, 0.717) is 12.5 Å². The van der Waals surface area contributed by atoms with Crippen LogP contribution in [0.15, 0.2) is 24.3 Å². The highest BCUT2D eigenvalue weighted by atomic mass is 16.5. The van der Waals surface area contributed by atoms with Crippen molar-refractivity contribution >= 4 is 0 Å². The summed E-state index contributed by atoms with van der Waals surface area (Å²) in [4.78, 5) is 0. The normalized spacial score (nSPS) is 27.2. The monoisotopic (exact) mass is 215 g/mol. The quantitative estimate of drug-likeness (QED) is 0.772. The summed E-state index contributed by atoms with van der Waals surface area (Å²) in [5.41, 5.74) is 0.935. The number of nitriles is 1. The van der Waals surface area contributed by atoms with Gasteiger partial charge in [-0.1, -0.05) is 25.5 Å². The zero-order valence-electron chi connectivity index (χ0n) is 9.86. The molecule has 1 saturated carbocycles. The van der Waals surface area contributed by atoms with Crippen LogP contribution in [0.1, 0.15) is 32.3 Å².